The Hall–Kier alpha value is -4.23. The Morgan fingerprint density at radius 2 is 1.71 bits per heavy atom. The number of anilines is 1. The molecule has 0 N–H and O–H groups in total. The summed E-state index contributed by atoms with van der Waals surface area (Å²) in [5, 5.41) is 18.6. The van der Waals surface area contributed by atoms with Crippen LogP contribution < -0.4 is 14.6 Å². The van der Waals surface area contributed by atoms with Crippen LogP contribution in [0.5, 0.6) is 5.88 Å². The number of nitrogens with zero attached hydrogens (tertiary/aromatic N) is 4. The second-order valence-electron chi connectivity index (χ2n) is 8.17. The van der Waals surface area contributed by atoms with Crippen LogP contribution in [0.1, 0.15) is 23.7 Å². The molecule has 35 heavy (non-hydrogen) atoms. The molecule has 0 bridgehead atoms. The maximum atomic E-state index is 13.9. The molecule has 4 aromatic rings. The highest BCUT2D eigenvalue weighted by atomic mass is 35.5. The highest BCUT2D eigenvalue weighted by molar-refractivity contribution is 6.53. The van der Waals surface area contributed by atoms with Gasteiger partial charge in [0.05, 0.1) is 17.1 Å². The molecule has 0 fully saturated rings. The Morgan fingerprint density at radius 1 is 0.971 bits per heavy atom. The molecule has 0 unspecified atom stereocenters. The van der Waals surface area contributed by atoms with E-state index < -0.39 is 17.7 Å². The summed E-state index contributed by atoms with van der Waals surface area (Å²) >= 11 is 6.16. The summed E-state index contributed by atoms with van der Waals surface area (Å²) in [6, 6.07) is 19.2. The Labute approximate surface area is 207 Å². The molecule has 3 heterocycles. The average molecular weight is 485 g/mol. The number of rotatable bonds is 5. The van der Waals surface area contributed by atoms with Crippen LogP contribution in [0.15, 0.2) is 79.1 Å². The SMILES string of the molecule is CCc1nn(-c2ccccc2)c([O-])c1C1=C([n+]2cccc(C)c2)C(=O)N(c2cccc(Cl)c2)C1=O. The third-order valence-corrected chi connectivity index (χ3v) is 6.07. The number of hydrogen-bond donors (Lipinski definition) is 0. The van der Waals surface area contributed by atoms with Gasteiger partial charge in [-0.1, -0.05) is 42.8 Å². The van der Waals surface area contributed by atoms with Gasteiger partial charge in [-0.05, 0) is 55.6 Å². The third kappa shape index (κ3) is 3.80. The van der Waals surface area contributed by atoms with Crippen molar-refractivity contribution >= 4 is 40.4 Å². The molecule has 2 aromatic carbocycles. The van der Waals surface area contributed by atoms with Crippen LogP contribution in [0.2, 0.25) is 5.02 Å². The molecular formula is C27H21ClN4O3. The van der Waals surface area contributed by atoms with Gasteiger partial charge in [-0.25, -0.2) is 9.58 Å². The lowest BCUT2D eigenvalue weighted by Gasteiger charge is -2.15. The fourth-order valence-corrected chi connectivity index (χ4v) is 4.44. The lowest BCUT2D eigenvalue weighted by molar-refractivity contribution is -0.577. The van der Waals surface area contributed by atoms with Gasteiger partial charge in [0.1, 0.15) is 5.57 Å². The summed E-state index contributed by atoms with van der Waals surface area (Å²) in [7, 11) is 0. The number of imide groups is 1. The van der Waals surface area contributed by atoms with Crippen LogP contribution in [-0.2, 0) is 16.0 Å². The van der Waals surface area contributed by atoms with E-state index in [-0.39, 0.29) is 16.8 Å². The zero-order valence-corrected chi connectivity index (χ0v) is 19.9. The van der Waals surface area contributed by atoms with E-state index >= 15 is 0 Å². The fourth-order valence-electron chi connectivity index (χ4n) is 4.25. The highest BCUT2D eigenvalue weighted by Crippen LogP contribution is 2.39. The molecular weight excluding hydrogens is 464 g/mol. The second kappa shape index (κ2) is 8.85. The molecule has 8 heteroatoms. The minimum atomic E-state index is -0.597. The lowest BCUT2D eigenvalue weighted by atomic mass is 10.0. The van der Waals surface area contributed by atoms with E-state index in [0.29, 0.717) is 28.5 Å². The molecule has 0 aliphatic carbocycles. The van der Waals surface area contributed by atoms with Crippen LogP contribution >= 0.6 is 11.6 Å². The quantitative estimate of drug-likeness (QED) is 0.319. The molecule has 0 saturated heterocycles. The third-order valence-electron chi connectivity index (χ3n) is 5.83. The molecule has 0 saturated carbocycles. The highest BCUT2D eigenvalue weighted by Gasteiger charge is 2.47. The van der Waals surface area contributed by atoms with E-state index in [0.717, 1.165) is 10.5 Å². The molecule has 1 aliphatic heterocycles. The number of carbonyl (C=O) groups is 2. The minimum Gasteiger partial charge on any atom is -0.858 e. The van der Waals surface area contributed by atoms with E-state index in [1.807, 2.05) is 26.0 Å². The number of para-hydroxylation sites is 1. The number of aryl methyl sites for hydroxylation is 2. The van der Waals surface area contributed by atoms with Crippen molar-refractivity contribution < 1.29 is 19.3 Å². The summed E-state index contributed by atoms with van der Waals surface area (Å²) in [6.07, 6.45) is 3.84. The van der Waals surface area contributed by atoms with Crippen molar-refractivity contribution in [1.29, 1.82) is 0 Å². The first-order valence-corrected chi connectivity index (χ1v) is 11.5. The molecule has 2 amide bonds. The maximum absolute atomic E-state index is 13.9. The van der Waals surface area contributed by atoms with Crippen molar-refractivity contribution in [1.82, 2.24) is 9.78 Å². The zero-order chi connectivity index (χ0) is 24.7. The van der Waals surface area contributed by atoms with Crippen LogP contribution in [-0.4, -0.2) is 21.6 Å². The predicted octanol–water partition coefficient (Wildman–Crippen LogP) is 3.70. The van der Waals surface area contributed by atoms with Gasteiger partial charge in [0, 0.05) is 22.2 Å². The van der Waals surface area contributed by atoms with Gasteiger partial charge < -0.3 is 5.11 Å². The average Bonchev–Trinajstić information content (AvgIpc) is 3.31. The van der Waals surface area contributed by atoms with Crippen LogP contribution in [0.3, 0.4) is 0 Å². The first-order valence-electron chi connectivity index (χ1n) is 11.1. The largest absolute Gasteiger partial charge is 0.858 e. The van der Waals surface area contributed by atoms with Crippen LogP contribution in [0.4, 0.5) is 5.69 Å². The van der Waals surface area contributed by atoms with E-state index in [1.165, 1.54) is 4.68 Å². The van der Waals surface area contributed by atoms with Crippen molar-refractivity contribution in [2.75, 3.05) is 4.90 Å². The standard InChI is InChI=1S/C27H21ClN4O3/c1-3-21-22(26(34)32(29-21)19-11-5-4-6-12-19)23-24(30-14-8-9-17(2)16-30)27(35)31(25(23)33)20-13-7-10-18(28)15-20/h4-16H,3H2,1-2H3. The van der Waals surface area contributed by atoms with Gasteiger partial charge in [0.15, 0.2) is 12.4 Å². The number of benzene rings is 2. The molecule has 174 valence electrons. The number of pyridine rings is 1. The van der Waals surface area contributed by atoms with Gasteiger partial charge in [-0.15, -0.1) is 0 Å². The van der Waals surface area contributed by atoms with Gasteiger partial charge in [-0.3, -0.25) is 9.59 Å². The molecule has 0 atom stereocenters. The van der Waals surface area contributed by atoms with Crippen molar-refractivity contribution in [3.63, 3.8) is 0 Å². The normalized spacial score (nSPS) is 13.7. The summed E-state index contributed by atoms with van der Waals surface area (Å²) in [4.78, 5) is 28.7. The molecule has 0 radical (unpaired) electrons. The maximum Gasteiger partial charge on any atom is 0.331 e. The summed E-state index contributed by atoms with van der Waals surface area (Å²) in [6.45, 7) is 3.74. The van der Waals surface area contributed by atoms with Crippen molar-refractivity contribution in [2.24, 2.45) is 0 Å². The number of carbonyl (C=O) groups excluding carboxylic acids is 2. The van der Waals surface area contributed by atoms with E-state index in [9.17, 15) is 14.7 Å². The van der Waals surface area contributed by atoms with Crippen molar-refractivity contribution in [3.05, 3.63) is 101 Å². The molecule has 0 spiro atoms. The Morgan fingerprint density at radius 3 is 2.40 bits per heavy atom. The summed E-state index contributed by atoms with van der Waals surface area (Å²) in [5.74, 6) is -1.60. The lowest BCUT2D eigenvalue weighted by Crippen LogP contribution is -2.39. The van der Waals surface area contributed by atoms with Crippen LogP contribution in [0, 0.1) is 6.92 Å². The van der Waals surface area contributed by atoms with Gasteiger partial charge in [-0.2, -0.15) is 9.67 Å². The second-order valence-corrected chi connectivity index (χ2v) is 8.60. The zero-order valence-electron chi connectivity index (χ0n) is 19.1. The smallest absolute Gasteiger partial charge is 0.331 e. The molecule has 7 nitrogen and oxygen atoms in total. The van der Waals surface area contributed by atoms with Crippen molar-refractivity contribution in [2.45, 2.75) is 20.3 Å². The predicted molar refractivity (Wildman–Crippen MR) is 131 cm³/mol. The van der Waals surface area contributed by atoms with Crippen molar-refractivity contribution in [3.8, 4) is 11.6 Å². The van der Waals surface area contributed by atoms with E-state index in [4.69, 9.17) is 11.6 Å². The van der Waals surface area contributed by atoms with E-state index in [1.54, 1.807) is 71.6 Å². The van der Waals surface area contributed by atoms with Gasteiger partial charge >= 0.3 is 5.91 Å². The number of aromatic nitrogens is 3. The Balaban J connectivity index is 1.78. The first kappa shape index (κ1) is 22.6. The molecule has 1 aliphatic rings. The Kier molecular flexibility index (Phi) is 5.70. The first-order chi connectivity index (χ1) is 16.9. The molecule has 2 aromatic heterocycles. The summed E-state index contributed by atoms with van der Waals surface area (Å²) in [5.41, 5.74) is 2.48. The van der Waals surface area contributed by atoms with Crippen LogP contribution in [0.25, 0.3) is 17.0 Å². The van der Waals surface area contributed by atoms with E-state index in [2.05, 4.69) is 5.10 Å². The van der Waals surface area contributed by atoms with Gasteiger partial charge in [0.25, 0.3) is 11.6 Å². The number of hydrogen-bond acceptors (Lipinski definition) is 4. The van der Waals surface area contributed by atoms with Gasteiger partial charge in [0.2, 0.25) is 0 Å². The molecule has 5 rings (SSSR count). The number of halogens is 1. The Bertz CT molecular complexity index is 1510. The monoisotopic (exact) mass is 484 g/mol. The fraction of sp³-hybridized carbons (Fsp3) is 0.111. The minimum absolute atomic E-state index is 0.0228. The summed E-state index contributed by atoms with van der Waals surface area (Å²) < 4.78 is 2.87. The topological polar surface area (TPSA) is 82.1 Å². The number of amides is 2.